The van der Waals surface area contributed by atoms with E-state index in [1.165, 1.54) is 51.4 Å². The zero-order valence-corrected chi connectivity index (χ0v) is 25.4. The van der Waals surface area contributed by atoms with Gasteiger partial charge in [-0.2, -0.15) is 0 Å². The number of likely N-dealkylation sites (tertiary alicyclic amines) is 1. The van der Waals surface area contributed by atoms with Crippen LogP contribution in [-0.2, 0) is 28.6 Å². The van der Waals surface area contributed by atoms with Gasteiger partial charge in [-0.05, 0) is 52.9 Å². The molecule has 0 N–H and O–H groups in total. The molecule has 0 aliphatic carbocycles. The number of methoxy groups -OCH3 is 1. The molecule has 1 rings (SSSR count). The maximum Gasteiger partial charge on any atom is 0.311 e. The highest BCUT2D eigenvalue weighted by molar-refractivity contribution is 5.81. The summed E-state index contributed by atoms with van der Waals surface area (Å²) in [6.45, 7) is 11.4. The second-order valence-corrected chi connectivity index (χ2v) is 12.0. The summed E-state index contributed by atoms with van der Waals surface area (Å²) >= 11 is 0. The molecule has 38 heavy (non-hydrogen) atoms. The molecule has 1 heterocycles. The molecule has 7 nitrogen and oxygen atoms in total. The number of nitrogens with zero attached hydrogens (tertiary/aromatic N) is 1. The third-order valence-corrected chi connectivity index (χ3v) is 7.84. The van der Waals surface area contributed by atoms with Gasteiger partial charge in [0.25, 0.3) is 0 Å². The smallest absolute Gasteiger partial charge is 0.311 e. The van der Waals surface area contributed by atoms with Gasteiger partial charge in [-0.25, -0.2) is 0 Å². The van der Waals surface area contributed by atoms with E-state index in [0.29, 0.717) is 32.5 Å². The van der Waals surface area contributed by atoms with Crippen molar-refractivity contribution in [1.82, 2.24) is 4.90 Å². The van der Waals surface area contributed by atoms with Crippen molar-refractivity contribution in [3.8, 4) is 0 Å². The predicted octanol–water partition coefficient (Wildman–Crippen LogP) is 6.85. The van der Waals surface area contributed by atoms with Crippen LogP contribution in [0, 0.1) is 10.8 Å². The first-order valence-corrected chi connectivity index (χ1v) is 15.2. The summed E-state index contributed by atoms with van der Waals surface area (Å²) in [5.74, 6) is -0.494. The quantitative estimate of drug-likeness (QED) is 0.110. The van der Waals surface area contributed by atoms with Crippen LogP contribution in [0.5, 0.6) is 0 Å². The Morgan fingerprint density at radius 2 is 1.42 bits per heavy atom. The number of esters is 2. The van der Waals surface area contributed by atoms with E-state index in [1.807, 2.05) is 32.6 Å². The Hall–Kier alpha value is -1.63. The van der Waals surface area contributed by atoms with Crippen LogP contribution in [0.2, 0.25) is 0 Å². The van der Waals surface area contributed by atoms with Crippen molar-refractivity contribution in [2.75, 3.05) is 33.5 Å². The molecule has 1 aliphatic rings. The van der Waals surface area contributed by atoms with Crippen molar-refractivity contribution in [1.29, 1.82) is 0 Å². The SMILES string of the molecule is CCCCCCCCCCCCOC(=O)C(C)(C)CC(C)(CC(CC)N1CCCC1=O)C(=O)OCCOC. The molecule has 222 valence electrons. The zero-order valence-electron chi connectivity index (χ0n) is 25.4. The second-order valence-electron chi connectivity index (χ2n) is 12.0. The van der Waals surface area contributed by atoms with Crippen molar-refractivity contribution in [3.63, 3.8) is 0 Å². The molecular formula is C31H57NO6. The van der Waals surface area contributed by atoms with E-state index in [9.17, 15) is 14.4 Å². The molecule has 0 radical (unpaired) electrons. The third-order valence-electron chi connectivity index (χ3n) is 7.84. The first kappa shape index (κ1) is 34.4. The molecular weight excluding hydrogens is 482 g/mol. The summed E-state index contributed by atoms with van der Waals surface area (Å²) in [4.78, 5) is 40.7. The molecule has 1 fully saturated rings. The average Bonchev–Trinajstić information content (AvgIpc) is 3.31. The highest BCUT2D eigenvalue weighted by atomic mass is 16.6. The molecule has 0 aromatic rings. The largest absolute Gasteiger partial charge is 0.465 e. The highest BCUT2D eigenvalue weighted by Crippen LogP contribution is 2.41. The van der Waals surface area contributed by atoms with E-state index in [0.717, 1.165) is 32.2 Å². The van der Waals surface area contributed by atoms with Crippen molar-refractivity contribution >= 4 is 17.8 Å². The number of hydrogen-bond acceptors (Lipinski definition) is 6. The van der Waals surface area contributed by atoms with Gasteiger partial charge in [0.1, 0.15) is 6.61 Å². The van der Waals surface area contributed by atoms with Crippen LogP contribution in [0.4, 0.5) is 0 Å². The van der Waals surface area contributed by atoms with Crippen molar-refractivity contribution < 1.29 is 28.6 Å². The molecule has 1 saturated heterocycles. The maximum absolute atomic E-state index is 13.3. The monoisotopic (exact) mass is 539 g/mol. The van der Waals surface area contributed by atoms with E-state index >= 15 is 0 Å². The van der Waals surface area contributed by atoms with Crippen molar-refractivity contribution in [3.05, 3.63) is 0 Å². The predicted molar refractivity (Wildman–Crippen MR) is 152 cm³/mol. The Morgan fingerprint density at radius 3 is 1.95 bits per heavy atom. The van der Waals surface area contributed by atoms with E-state index in [1.54, 1.807) is 7.11 Å². The third kappa shape index (κ3) is 12.5. The number of carbonyl (C=O) groups excluding carboxylic acids is 3. The van der Waals surface area contributed by atoms with Gasteiger partial charge in [0.2, 0.25) is 5.91 Å². The van der Waals surface area contributed by atoms with Gasteiger partial charge in [0.15, 0.2) is 0 Å². The lowest BCUT2D eigenvalue weighted by Gasteiger charge is -2.39. The van der Waals surface area contributed by atoms with Crippen LogP contribution < -0.4 is 0 Å². The van der Waals surface area contributed by atoms with E-state index in [2.05, 4.69) is 6.92 Å². The Morgan fingerprint density at radius 1 is 0.842 bits per heavy atom. The topological polar surface area (TPSA) is 82.1 Å². The van der Waals surface area contributed by atoms with Crippen LogP contribution in [-0.4, -0.2) is 62.3 Å². The summed E-state index contributed by atoms with van der Waals surface area (Å²) in [6.07, 6.45) is 15.2. The minimum Gasteiger partial charge on any atom is -0.465 e. The van der Waals surface area contributed by atoms with Crippen molar-refractivity contribution in [2.24, 2.45) is 10.8 Å². The standard InChI is InChI=1S/C31H57NO6/c1-7-9-10-11-12-13-14-15-16-17-21-37-28(34)30(3,4)25-31(5,29(35)38-23-22-36-6)24-26(8-2)32-20-18-19-27(32)33/h26H,7-25H2,1-6H3. The van der Waals surface area contributed by atoms with Gasteiger partial charge in [0, 0.05) is 26.1 Å². The normalized spacial score (nSPS) is 16.4. The van der Waals surface area contributed by atoms with Gasteiger partial charge in [-0.3, -0.25) is 14.4 Å². The lowest BCUT2D eigenvalue weighted by Crippen LogP contribution is -2.45. The summed E-state index contributed by atoms with van der Waals surface area (Å²) in [7, 11) is 1.56. The summed E-state index contributed by atoms with van der Waals surface area (Å²) in [5.41, 5.74) is -1.79. The molecule has 0 saturated carbocycles. The fourth-order valence-corrected chi connectivity index (χ4v) is 5.67. The van der Waals surface area contributed by atoms with Crippen LogP contribution in [0.1, 0.15) is 131 Å². The van der Waals surface area contributed by atoms with Gasteiger partial charge in [-0.1, -0.05) is 71.6 Å². The number of rotatable bonds is 22. The maximum atomic E-state index is 13.3. The first-order chi connectivity index (χ1) is 18.1. The van der Waals surface area contributed by atoms with Gasteiger partial charge >= 0.3 is 11.9 Å². The Balaban J connectivity index is 2.63. The highest BCUT2D eigenvalue weighted by Gasteiger charge is 2.46. The average molecular weight is 540 g/mol. The molecule has 1 amide bonds. The Labute approximate surface area is 232 Å². The lowest BCUT2D eigenvalue weighted by atomic mass is 9.70. The van der Waals surface area contributed by atoms with Crippen molar-refractivity contribution in [2.45, 2.75) is 137 Å². The number of carbonyl (C=O) groups is 3. The lowest BCUT2D eigenvalue weighted by molar-refractivity contribution is -0.165. The van der Waals surface area contributed by atoms with E-state index in [4.69, 9.17) is 14.2 Å². The molecule has 2 atom stereocenters. The van der Waals surface area contributed by atoms with Crippen LogP contribution >= 0.6 is 0 Å². The van der Waals surface area contributed by atoms with Crippen LogP contribution in [0.25, 0.3) is 0 Å². The molecule has 0 bridgehead atoms. The molecule has 0 aromatic carbocycles. The van der Waals surface area contributed by atoms with E-state index < -0.39 is 10.8 Å². The first-order valence-electron chi connectivity index (χ1n) is 15.2. The van der Waals surface area contributed by atoms with Gasteiger partial charge in [0.05, 0.1) is 24.0 Å². The zero-order chi connectivity index (χ0) is 28.4. The molecule has 7 heteroatoms. The minimum atomic E-state index is -0.934. The van der Waals surface area contributed by atoms with Gasteiger partial charge in [-0.15, -0.1) is 0 Å². The molecule has 0 aromatic heterocycles. The molecule has 0 spiro atoms. The fraction of sp³-hybridized carbons (Fsp3) is 0.903. The van der Waals surface area contributed by atoms with E-state index in [-0.39, 0.29) is 30.5 Å². The molecule has 1 aliphatic heterocycles. The number of unbranched alkanes of at least 4 members (excludes halogenated alkanes) is 9. The Kier molecular flexibility index (Phi) is 16.9. The fourth-order valence-electron chi connectivity index (χ4n) is 5.67. The number of hydrogen-bond donors (Lipinski definition) is 0. The number of ether oxygens (including phenoxy) is 3. The number of amides is 1. The summed E-state index contributed by atoms with van der Waals surface area (Å²) < 4.78 is 16.3. The Bertz CT molecular complexity index is 694. The minimum absolute atomic E-state index is 0.0663. The van der Waals surface area contributed by atoms with Gasteiger partial charge < -0.3 is 19.1 Å². The summed E-state index contributed by atoms with van der Waals surface area (Å²) in [6, 6.07) is -0.0663. The second kappa shape index (κ2) is 18.6. The molecule has 2 unspecified atom stereocenters. The van der Waals surface area contributed by atoms with Crippen LogP contribution in [0.3, 0.4) is 0 Å². The van der Waals surface area contributed by atoms with Crippen LogP contribution in [0.15, 0.2) is 0 Å². The summed E-state index contributed by atoms with van der Waals surface area (Å²) in [5, 5.41) is 0.